The third kappa shape index (κ3) is 2.85. The molecule has 1 saturated carbocycles. The second-order valence-electron chi connectivity index (χ2n) is 4.71. The monoisotopic (exact) mass is 285 g/mol. The summed E-state index contributed by atoms with van der Waals surface area (Å²) in [5, 5.41) is 10.8. The van der Waals surface area contributed by atoms with Gasteiger partial charge in [0.25, 0.3) is 5.69 Å². The van der Waals surface area contributed by atoms with Crippen LogP contribution in [0, 0.1) is 16.0 Å². The number of nitrogens with zero attached hydrogens (tertiary/aromatic N) is 2. The van der Waals surface area contributed by atoms with E-state index in [4.69, 9.17) is 5.73 Å². The van der Waals surface area contributed by atoms with E-state index in [1.807, 2.05) is 0 Å². The van der Waals surface area contributed by atoms with E-state index >= 15 is 0 Å². The summed E-state index contributed by atoms with van der Waals surface area (Å²) >= 11 is 0. The summed E-state index contributed by atoms with van der Waals surface area (Å²) in [6.45, 7) is 0.445. The summed E-state index contributed by atoms with van der Waals surface area (Å²) in [5.74, 6) is 0.406. The summed E-state index contributed by atoms with van der Waals surface area (Å²) in [6, 6.07) is 3.55. The van der Waals surface area contributed by atoms with Crippen LogP contribution in [0.15, 0.2) is 23.1 Å². The van der Waals surface area contributed by atoms with Crippen molar-refractivity contribution >= 4 is 21.4 Å². The Balaban J connectivity index is 2.34. The second-order valence-corrected chi connectivity index (χ2v) is 6.75. The van der Waals surface area contributed by atoms with E-state index in [1.165, 1.54) is 23.5 Å². The predicted molar refractivity (Wildman–Crippen MR) is 70.0 cm³/mol. The molecule has 1 aromatic carbocycles. The zero-order valence-corrected chi connectivity index (χ0v) is 11.3. The minimum absolute atomic E-state index is 0.0474. The first-order valence-electron chi connectivity index (χ1n) is 5.82. The maximum absolute atomic E-state index is 12.2. The highest BCUT2D eigenvalue weighted by Gasteiger charge is 2.30. The van der Waals surface area contributed by atoms with Crippen LogP contribution in [0.3, 0.4) is 0 Å². The first-order valence-corrected chi connectivity index (χ1v) is 7.26. The van der Waals surface area contributed by atoms with Crippen LogP contribution in [0.4, 0.5) is 11.4 Å². The lowest BCUT2D eigenvalue weighted by Gasteiger charge is -2.16. The van der Waals surface area contributed by atoms with Crippen molar-refractivity contribution < 1.29 is 13.3 Å². The van der Waals surface area contributed by atoms with Gasteiger partial charge in [0.1, 0.15) is 5.69 Å². The first-order chi connectivity index (χ1) is 8.82. The number of nitrogen functional groups attached to an aromatic ring is 1. The minimum Gasteiger partial charge on any atom is -0.393 e. The fraction of sp³-hybridized carbons (Fsp3) is 0.455. The Labute approximate surface area is 111 Å². The van der Waals surface area contributed by atoms with Crippen LogP contribution >= 0.6 is 0 Å². The average molecular weight is 285 g/mol. The molecule has 0 radical (unpaired) electrons. The molecule has 0 spiro atoms. The number of benzene rings is 1. The van der Waals surface area contributed by atoms with E-state index in [9.17, 15) is 18.5 Å². The van der Waals surface area contributed by atoms with Crippen LogP contribution in [0.1, 0.15) is 12.8 Å². The summed E-state index contributed by atoms with van der Waals surface area (Å²) in [6.07, 6.45) is 2.06. The van der Waals surface area contributed by atoms with E-state index in [-0.39, 0.29) is 16.3 Å². The molecule has 1 aliphatic rings. The number of rotatable bonds is 5. The molecule has 2 rings (SSSR count). The molecule has 0 saturated heterocycles. The molecular formula is C11H15N3O4S. The number of nitro benzene ring substituents is 1. The van der Waals surface area contributed by atoms with Crippen molar-refractivity contribution in [2.45, 2.75) is 17.7 Å². The minimum atomic E-state index is -3.69. The third-order valence-electron chi connectivity index (χ3n) is 3.12. The van der Waals surface area contributed by atoms with Gasteiger partial charge in [0.05, 0.1) is 9.82 Å². The Kier molecular flexibility index (Phi) is 3.46. The van der Waals surface area contributed by atoms with E-state index in [0.29, 0.717) is 12.5 Å². The average Bonchev–Trinajstić information content (AvgIpc) is 3.12. The van der Waals surface area contributed by atoms with Crippen molar-refractivity contribution in [3.63, 3.8) is 0 Å². The highest BCUT2D eigenvalue weighted by atomic mass is 32.2. The normalized spacial score (nSPS) is 15.7. The van der Waals surface area contributed by atoms with E-state index < -0.39 is 14.9 Å². The van der Waals surface area contributed by atoms with Gasteiger partial charge in [-0.2, -0.15) is 0 Å². The van der Waals surface area contributed by atoms with Crippen molar-refractivity contribution in [2.24, 2.45) is 5.92 Å². The fourth-order valence-corrected chi connectivity index (χ4v) is 3.05. The lowest BCUT2D eigenvalue weighted by molar-refractivity contribution is -0.384. The molecule has 1 fully saturated rings. The van der Waals surface area contributed by atoms with E-state index in [1.54, 1.807) is 0 Å². The van der Waals surface area contributed by atoms with Crippen molar-refractivity contribution in [3.05, 3.63) is 28.3 Å². The first kappa shape index (κ1) is 13.8. The molecule has 0 bridgehead atoms. The fourth-order valence-electron chi connectivity index (χ4n) is 1.78. The van der Waals surface area contributed by atoms with Crippen LogP contribution < -0.4 is 5.73 Å². The Bertz CT molecular complexity index is 610. The lowest BCUT2D eigenvalue weighted by Crippen LogP contribution is -2.29. The van der Waals surface area contributed by atoms with Crippen molar-refractivity contribution in [1.29, 1.82) is 0 Å². The zero-order chi connectivity index (χ0) is 14.2. The molecule has 0 amide bonds. The molecule has 0 atom stereocenters. The second kappa shape index (κ2) is 4.78. The molecule has 8 heteroatoms. The number of hydrogen-bond donors (Lipinski definition) is 1. The zero-order valence-electron chi connectivity index (χ0n) is 10.4. The Morgan fingerprint density at radius 3 is 2.63 bits per heavy atom. The number of sulfonamides is 1. The largest absolute Gasteiger partial charge is 0.393 e. The van der Waals surface area contributed by atoms with Gasteiger partial charge in [-0.3, -0.25) is 10.1 Å². The Morgan fingerprint density at radius 1 is 1.47 bits per heavy atom. The van der Waals surface area contributed by atoms with E-state index in [0.717, 1.165) is 18.9 Å². The SMILES string of the molecule is CN(CC1CC1)S(=O)(=O)c1ccc(N)c([N+](=O)[O-])c1. The molecule has 0 unspecified atom stereocenters. The highest BCUT2D eigenvalue weighted by Crippen LogP contribution is 2.32. The molecule has 1 aliphatic carbocycles. The summed E-state index contributed by atoms with van der Waals surface area (Å²) in [7, 11) is -2.21. The van der Waals surface area contributed by atoms with Gasteiger partial charge in [0, 0.05) is 19.7 Å². The van der Waals surface area contributed by atoms with Crippen LogP contribution in [0.25, 0.3) is 0 Å². The van der Waals surface area contributed by atoms with Crippen LogP contribution in [0.5, 0.6) is 0 Å². The van der Waals surface area contributed by atoms with Crippen molar-refractivity contribution in [2.75, 3.05) is 19.3 Å². The molecule has 7 nitrogen and oxygen atoms in total. The summed E-state index contributed by atoms with van der Waals surface area (Å²) < 4.78 is 25.7. The predicted octanol–water partition coefficient (Wildman–Crippen LogP) is 1.21. The molecule has 104 valence electrons. The molecule has 0 aromatic heterocycles. The summed E-state index contributed by atoms with van der Waals surface area (Å²) in [5.41, 5.74) is 5.01. The third-order valence-corrected chi connectivity index (χ3v) is 4.94. The van der Waals surface area contributed by atoms with Crippen molar-refractivity contribution in [3.8, 4) is 0 Å². The topological polar surface area (TPSA) is 107 Å². The molecule has 0 aliphatic heterocycles. The highest BCUT2D eigenvalue weighted by molar-refractivity contribution is 7.89. The molecule has 2 N–H and O–H groups in total. The molecule has 1 aromatic rings. The van der Waals surface area contributed by atoms with Gasteiger partial charge in [0.2, 0.25) is 10.0 Å². The van der Waals surface area contributed by atoms with Crippen LogP contribution in [-0.2, 0) is 10.0 Å². The van der Waals surface area contributed by atoms with Crippen LogP contribution in [0.2, 0.25) is 0 Å². The molecule has 0 heterocycles. The maximum atomic E-state index is 12.2. The quantitative estimate of drug-likeness (QED) is 0.497. The Hall–Kier alpha value is -1.67. The van der Waals surface area contributed by atoms with Gasteiger partial charge in [0.15, 0.2) is 0 Å². The smallest absolute Gasteiger partial charge is 0.293 e. The standard InChI is InChI=1S/C11H15N3O4S/c1-13(7-8-2-3-8)19(17,18)9-4-5-10(12)11(6-9)14(15)16/h4-6,8H,2-3,7,12H2,1H3. The van der Waals surface area contributed by atoms with Gasteiger partial charge in [-0.25, -0.2) is 12.7 Å². The number of anilines is 1. The lowest BCUT2D eigenvalue weighted by atomic mass is 10.3. The number of hydrogen-bond acceptors (Lipinski definition) is 5. The number of nitrogens with two attached hydrogens (primary N) is 1. The van der Waals surface area contributed by atoms with Crippen LogP contribution in [-0.4, -0.2) is 31.2 Å². The molecular weight excluding hydrogens is 270 g/mol. The van der Waals surface area contributed by atoms with Gasteiger partial charge in [-0.1, -0.05) is 0 Å². The Morgan fingerprint density at radius 2 is 2.11 bits per heavy atom. The van der Waals surface area contributed by atoms with Gasteiger partial charge in [-0.15, -0.1) is 0 Å². The van der Waals surface area contributed by atoms with Gasteiger partial charge < -0.3 is 5.73 Å². The van der Waals surface area contributed by atoms with Gasteiger partial charge in [-0.05, 0) is 30.9 Å². The summed E-state index contributed by atoms with van der Waals surface area (Å²) in [4.78, 5) is 9.99. The van der Waals surface area contributed by atoms with Crippen molar-refractivity contribution in [1.82, 2.24) is 4.31 Å². The van der Waals surface area contributed by atoms with E-state index in [2.05, 4.69) is 0 Å². The maximum Gasteiger partial charge on any atom is 0.293 e. The number of nitro groups is 1. The van der Waals surface area contributed by atoms with Gasteiger partial charge >= 0.3 is 0 Å². The molecule has 19 heavy (non-hydrogen) atoms.